The summed E-state index contributed by atoms with van der Waals surface area (Å²) in [7, 11) is 0. The van der Waals surface area contributed by atoms with Crippen LogP contribution in [0.3, 0.4) is 0 Å². The highest BCUT2D eigenvalue weighted by molar-refractivity contribution is 5.73. The Balaban J connectivity index is 2.28. The standard InChI is InChI=1S/C19H21FO3/c1-19(2,3)14-9-5-7-11-16(14)23-17(18(21)22)12-13-8-4-6-10-15(13)20/h4-11,17H,12H2,1-3H3,(H,21,22)/t17-/m0/s1. The molecule has 0 bridgehead atoms. The summed E-state index contributed by atoms with van der Waals surface area (Å²) >= 11 is 0. The second-order valence-corrected chi connectivity index (χ2v) is 6.49. The molecule has 0 aromatic heterocycles. The van der Waals surface area contributed by atoms with E-state index in [0.717, 1.165) is 5.56 Å². The van der Waals surface area contributed by atoms with Crippen LogP contribution in [0, 0.1) is 5.82 Å². The molecule has 0 aliphatic rings. The second kappa shape index (κ2) is 6.82. The number of hydrogen-bond donors (Lipinski definition) is 1. The van der Waals surface area contributed by atoms with E-state index >= 15 is 0 Å². The number of carboxylic acids is 1. The minimum atomic E-state index is -1.14. The molecule has 0 saturated heterocycles. The fourth-order valence-corrected chi connectivity index (χ4v) is 2.39. The molecule has 0 heterocycles. The van der Waals surface area contributed by atoms with Crippen LogP contribution in [0.15, 0.2) is 48.5 Å². The average Bonchev–Trinajstić information content (AvgIpc) is 2.48. The van der Waals surface area contributed by atoms with Gasteiger partial charge in [-0.05, 0) is 28.7 Å². The maximum absolute atomic E-state index is 13.8. The lowest BCUT2D eigenvalue weighted by molar-refractivity contribution is -0.145. The summed E-state index contributed by atoms with van der Waals surface area (Å²) in [4.78, 5) is 11.5. The fraction of sp³-hybridized carbons (Fsp3) is 0.316. The predicted molar refractivity (Wildman–Crippen MR) is 87.3 cm³/mol. The van der Waals surface area contributed by atoms with Crippen molar-refractivity contribution in [2.45, 2.75) is 38.7 Å². The van der Waals surface area contributed by atoms with Gasteiger partial charge < -0.3 is 9.84 Å². The van der Waals surface area contributed by atoms with Crippen LogP contribution in [0.25, 0.3) is 0 Å². The molecule has 1 atom stereocenters. The Kier molecular flexibility index (Phi) is 5.04. The molecule has 23 heavy (non-hydrogen) atoms. The number of halogens is 1. The number of benzene rings is 2. The Morgan fingerprint density at radius 1 is 1.13 bits per heavy atom. The van der Waals surface area contributed by atoms with E-state index in [9.17, 15) is 14.3 Å². The summed E-state index contributed by atoms with van der Waals surface area (Å²) in [5, 5.41) is 9.43. The first-order valence-corrected chi connectivity index (χ1v) is 7.51. The van der Waals surface area contributed by atoms with Crippen molar-refractivity contribution >= 4 is 5.97 Å². The zero-order valence-electron chi connectivity index (χ0n) is 13.5. The first-order valence-electron chi connectivity index (χ1n) is 7.51. The van der Waals surface area contributed by atoms with Crippen LogP contribution in [0.5, 0.6) is 5.75 Å². The molecule has 0 amide bonds. The van der Waals surface area contributed by atoms with Crippen molar-refractivity contribution in [1.29, 1.82) is 0 Å². The van der Waals surface area contributed by atoms with E-state index in [1.807, 2.05) is 32.9 Å². The van der Waals surface area contributed by atoms with Crippen LogP contribution in [-0.2, 0) is 16.6 Å². The highest BCUT2D eigenvalue weighted by Gasteiger charge is 2.25. The van der Waals surface area contributed by atoms with E-state index in [4.69, 9.17) is 4.74 Å². The Hall–Kier alpha value is -2.36. The summed E-state index contributed by atoms with van der Waals surface area (Å²) < 4.78 is 19.5. The molecule has 122 valence electrons. The highest BCUT2D eigenvalue weighted by Crippen LogP contribution is 2.32. The molecule has 1 N–H and O–H groups in total. The molecule has 0 unspecified atom stereocenters. The number of carbonyl (C=O) groups is 1. The van der Waals surface area contributed by atoms with Gasteiger partial charge in [0.15, 0.2) is 6.10 Å². The number of ether oxygens (including phenoxy) is 1. The lowest BCUT2D eigenvalue weighted by Gasteiger charge is -2.24. The quantitative estimate of drug-likeness (QED) is 0.899. The molecule has 0 radical (unpaired) electrons. The van der Waals surface area contributed by atoms with E-state index < -0.39 is 17.9 Å². The molecule has 4 heteroatoms. The van der Waals surface area contributed by atoms with Gasteiger partial charge in [-0.25, -0.2) is 9.18 Å². The summed E-state index contributed by atoms with van der Waals surface area (Å²) in [6.45, 7) is 6.09. The van der Waals surface area contributed by atoms with Crippen molar-refractivity contribution in [1.82, 2.24) is 0 Å². The van der Waals surface area contributed by atoms with Gasteiger partial charge >= 0.3 is 5.97 Å². The third kappa shape index (κ3) is 4.31. The molecular weight excluding hydrogens is 295 g/mol. The fourth-order valence-electron chi connectivity index (χ4n) is 2.39. The molecule has 0 saturated carbocycles. The lowest BCUT2D eigenvalue weighted by atomic mass is 9.86. The van der Waals surface area contributed by atoms with E-state index in [2.05, 4.69) is 0 Å². The summed E-state index contributed by atoms with van der Waals surface area (Å²) in [6, 6.07) is 13.5. The average molecular weight is 316 g/mol. The monoisotopic (exact) mass is 316 g/mol. The van der Waals surface area contributed by atoms with E-state index in [0.29, 0.717) is 11.3 Å². The Bertz CT molecular complexity index is 689. The molecule has 2 aromatic rings. The number of carboxylic acid groups (broad SMARTS) is 1. The van der Waals surface area contributed by atoms with E-state index in [-0.39, 0.29) is 11.8 Å². The van der Waals surface area contributed by atoms with Gasteiger partial charge in [-0.15, -0.1) is 0 Å². The molecule has 0 spiro atoms. The summed E-state index contributed by atoms with van der Waals surface area (Å²) in [5.74, 6) is -1.02. The van der Waals surface area contributed by atoms with Crippen LogP contribution in [0.2, 0.25) is 0 Å². The molecule has 0 fully saturated rings. The molecule has 3 nitrogen and oxygen atoms in total. The molecule has 2 aromatic carbocycles. The topological polar surface area (TPSA) is 46.5 Å². The van der Waals surface area contributed by atoms with Crippen molar-refractivity contribution in [3.63, 3.8) is 0 Å². The number of rotatable bonds is 5. The first kappa shape index (κ1) is 17.0. The van der Waals surface area contributed by atoms with Gasteiger partial charge in [0.25, 0.3) is 0 Å². The van der Waals surface area contributed by atoms with E-state index in [1.54, 1.807) is 30.3 Å². The molecular formula is C19H21FO3. The van der Waals surface area contributed by atoms with Crippen molar-refractivity contribution in [3.05, 3.63) is 65.5 Å². The summed E-state index contributed by atoms with van der Waals surface area (Å²) in [6.07, 6.45) is -1.17. The van der Waals surface area contributed by atoms with Crippen LogP contribution >= 0.6 is 0 Å². The Morgan fingerprint density at radius 2 is 1.74 bits per heavy atom. The largest absolute Gasteiger partial charge is 0.478 e. The zero-order chi connectivity index (χ0) is 17.0. The Labute approximate surface area is 135 Å². The second-order valence-electron chi connectivity index (χ2n) is 6.49. The van der Waals surface area contributed by atoms with Crippen molar-refractivity contribution in [3.8, 4) is 5.75 Å². The zero-order valence-corrected chi connectivity index (χ0v) is 13.5. The van der Waals surface area contributed by atoms with Gasteiger partial charge in [-0.2, -0.15) is 0 Å². The van der Waals surface area contributed by atoms with Gasteiger partial charge in [-0.1, -0.05) is 57.2 Å². The normalized spacial score (nSPS) is 12.7. The van der Waals surface area contributed by atoms with Crippen LogP contribution in [-0.4, -0.2) is 17.2 Å². The van der Waals surface area contributed by atoms with Gasteiger partial charge in [-0.3, -0.25) is 0 Å². The van der Waals surface area contributed by atoms with Gasteiger partial charge in [0.2, 0.25) is 0 Å². The molecule has 0 aliphatic carbocycles. The minimum absolute atomic E-state index is 0.0273. The minimum Gasteiger partial charge on any atom is -0.478 e. The van der Waals surface area contributed by atoms with Crippen molar-refractivity contribution in [2.24, 2.45) is 0 Å². The Morgan fingerprint density at radius 3 is 2.35 bits per heavy atom. The third-order valence-electron chi connectivity index (χ3n) is 3.60. The number of hydrogen-bond acceptors (Lipinski definition) is 2. The molecule has 2 rings (SSSR count). The van der Waals surface area contributed by atoms with Gasteiger partial charge in [0, 0.05) is 6.42 Å². The van der Waals surface area contributed by atoms with Gasteiger partial charge in [0.05, 0.1) is 0 Å². The number of aliphatic carboxylic acids is 1. The van der Waals surface area contributed by atoms with E-state index in [1.165, 1.54) is 6.07 Å². The van der Waals surface area contributed by atoms with Crippen LogP contribution < -0.4 is 4.74 Å². The van der Waals surface area contributed by atoms with Crippen LogP contribution in [0.1, 0.15) is 31.9 Å². The lowest BCUT2D eigenvalue weighted by Crippen LogP contribution is -2.30. The third-order valence-corrected chi connectivity index (χ3v) is 3.60. The first-order chi connectivity index (χ1) is 10.8. The maximum atomic E-state index is 13.8. The van der Waals surface area contributed by atoms with Gasteiger partial charge in [0.1, 0.15) is 11.6 Å². The predicted octanol–water partition coefficient (Wildman–Crippen LogP) is 4.20. The van der Waals surface area contributed by atoms with Crippen molar-refractivity contribution in [2.75, 3.05) is 0 Å². The number of para-hydroxylation sites is 1. The van der Waals surface area contributed by atoms with Crippen LogP contribution in [0.4, 0.5) is 4.39 Å². The molecule has 0 aliphatic heterocycles. The maximum Gasteiger partial charge on any atom is 0.345 e. The highest BCUT2D eigenvalue weighted by atomic mass is 19.1. The summed E-state index contributed by atoms with van der Waals surface area (Å²) in [5.41, 5.74) is 1.06. The van der Waals surface area contributed by atoms with Crippen molar-refractivity contribution < 1.29 is 19.0 Å². The smallest absolute Gasteiger partial charge is 0.345 e. The SMILES string of the molecule is CC(C)(C)c1ccccc1O[C@@H](Cc1ccccc1F)C(=O)O.